The lowest BCUT2D eigenvalue weighted by Gasteiger charge is -2.22. The first-order chi connectivity index (χ1) is 15.2. The molecule has 0 aliphatic heterocycles. The lowest BCUT2D eigenvalue weighted by atomic mass is 9.89. The Labute approximate surface area is 183 Å². The van der Waals surface area contributed by atoms with Crippen molar-refractivity contribution in [2.75, 3.05) is 25.0 Å². The quantitative estimate of drug-likeness (QED) is 0.414. The molecule has 1 unspecified atom stereocenters. The summed E-state index contributed by atoms with van der Waals surface area (Å²) < 4.78 is 5.82. The molecule has 0 spiro atoms. The molecule has 164 valence electrons. The molecule has 4 rings (SSSR count). The summed E-state index contributed by atoms with van der Waals surface area (Å²) >= 11 is 0. The monoisotopic (exact) mass is 421 g/mol. The van der Waals surface area contributed by atoms with Crippen LogP contribution in [0.5, 0.6) is 5.75 Å². The molecule has 4 N–H and O–H groups in total. The first-order valence-corrected chi connectivity index (χ1v) is 11.2. The van der Waals surface area contributed by atoms with Gasteiger partial charge in [0, 0.05) is 23.6 Å². The summed E-state index contributed by atoms with van der Waals surface area (Å²) in [5, 5.41) is 17.6. The van der Waals surface area contributed by atoms with Crippen molar-refractivity contribution in [3.05, 3.63) is 60.3 Å². The summed E-state index contributed by atoms with van der Waals surface area (Å²) in [5.74, 6) is 0.942. The molecular formula is C25H31N3O3. The van der Waals surface area contributed by atoms with Crippen LogP contribution in [0.3, 0.4) is 0 Å². The number of nitrogens with one attached hydrogen (secondary N) is 3. The van der Waals surface area contributed by atoms with Gasteiger partial charge in [0.25, 0.3) is 5.91 Å². The lowest BCUT2D eigenvalue weighted by molar-refractivity contribution is 0.0975. The Balaban J connectivity index is 1.31. The molecule has 1 fully saturated rings. The van der Waals surface area contributed by atoms with Gasteiger partial charge >= 0.3 is 0 Å². The highest BCUT2D eigenvalue weighted by Gasteiger charge is 2.16. The highest BCUT2D eigenvalue weighted by atomic mass is 16.5. The number of amides is 1. The molecule has 1 aliphatic carbocycles. The second kappa shape index (κ2) is 10.5. The SMILES string of the molecule is O=C(Nc1cccc2[nH]ccc12)c1ccccc1OCC(O)CNCC1CCCCC1. The van der Waals surface area contributed by atoms with Crippen molar-refractivity contribution in [1.29, 1.82) is 0 Å². The van der Waals surface area contributed by atoms with Gasteiger partial charge in [-0.15, -0.1) is 0 Å². The van der Waals surface area contributed by atoms with Crippen LogP contribution in [0.2, 0.25) is 0 Å². The molecule has 6 heteroatoms. The maximum Gasteiger partial charge on any atom is 0.259 e. The molecule has 1 saturated carbocycles. The van der Waals surface area contributed by atoms with E-state index >= 15 is 0 Å². The van der Waals surface area contributed by atoms with E-state index in [1.165, 1.54) is 32.1 Å². The van der Waals surface area contributed by atoms with Gasteiger partial charge in [0.15, 0.2) is 0 Å². The lowest BCUT2D eigenvalue weighted by Crippen LogP contribution is -2.34. The summed E-state index contributed by atoms with van der Waals surface area (Å²) in [7, 11) is 0. The Morgan fingerprint density at radius 2 is 1.94 bits per heavy atom. The van der Waals surface area contributed by atoms with Crippen molar-refractivity contribution in [3.8, 4) is 5.75 Å². The normalized spacial score (nSPS) is 15.6. The standard InChI is InChI=1S/C25H31N3O3/c29-19(16-26-15-18-7-2-1-3-8-18)17-31-24-12-5-4-9-21(24)25(30)28-23-11-6-10-22-20(23)13-14-27-22/h4-6,9-14,18-19,26-27,29H,1-3,7-8,15-17H2,(H,28,30). The van der Waals surface area contributed by atoms with Crippen LogP contribution in [0.4, 0.5) is 5.69 Å². The number of H-pyrrole nitrogens is 1. The van der Waals surface area contributed by atoms with Crippen LogP contribution in [0, 0.1) is 5.92 Å². The van der Waals surface area contributed by atoms with E-state index in [4.69, 9.17) is 4.74 Å². The third-order valence-electron chi connectivity index (χ3n) is 5.94. The molecule has 31 heavy (non-hydrogen) atoms. The summed E-state index contributed by atoms with van der Waals surface area (Å²) in [5.41, 5.74) is 2.15. The number of carbonyl (C=O) groups excluding carboxylic acids is 1. The zero-order valence-electron chi connectivity index (χ0n) is 17.8. The second-order valence-corrected chi connectivity index (χ2v) is 8.32. The molecule has 1 heterocycles. The molecule has 1 amide bonds. The number of hydrogen-bond acceptors (Lipinski definition) is 4. The number of para-hydroxylation sites is 1. The first-order valence-electron chi connectivity index (χ1n) is 11.2. The Hall–Kier alpha value is -2.83. The van der Waals surface area contributed by atoms with Crippen LogP contribution in [0.1, 0.15) is 42.5 Å². The summed E-state index contributed by atoms with van der Waals surface area (Å²) in [4.78, 5) is 16.1. The van der Waals surface area contributed by atoms with Crippen LogP contribution in [0.25, 0.3) is 10.9 Å². The molecule has 0 saturated heterocycles. The Morgan fingerprint density at radius 1 is 1.10 bits per heavy atom. The molecule has 1 atom stereocenters. The van der Waals surface area contributed by atoms with E-state index in [0.29, 0.717) is 17.9 Å². The number of aliphatic hydroxyl groups is 1. The first kappa shape index (κ1) is 21.4. The predicted octanol–water partition coefficient (Wildman–Crippen LogP) is 4.33. The average molecular weight is 422 g/mol. The minimum atomic E-state index is -0.631. The zero-order valence-corrected chi connectivity index (χ0v) is 17.8. The molecule has 0 radical (unpaired) electrons. The third kappa shape index (κ3) is 5.66. The number of aromatic nitrogens is 1. The molecule has 1 aromatic heterocycles. The van der Waals surface area contributed by atoms with E-state index in [2.05, 4.69) is 15.6 Å². The number of fused-ring (bicyclic) bond motifs is 1. The van der Waals surface area contributed by atoms with Gasteiger partial charge in [-0.05, 0) is 55.6 Å². The number of anilines is 1. The maximum atomic E-state index is 12.9. The van der Waals surface area contributed by atoms with Crippen molar-refractivity contribution in [1.82, 2.24) is 10.3 Å². The van der Waals surface area contributed by atoms with E-state index in [-0.39, 0.29) is 12.5 Å². The van der Waals surface area contributed by atoms with Crippen LogP contribution in [0.15, 0.2) is 54.7 Å². The van der Waals surface area contributed by atoms with Crippen molar-refractivity contribution < 1.29 is 14.6 Å². The van der Waals surface area contributed by atoms with Crippen molar-refractivity contribution in [2.45, 2.75) is 38.2 Å². The molecular weight excluding hydrogens is 390 g/mol. The van der Waals surface area contributed by atoms with Crippen molar-refractivity contribution >= 4 is 22.5 Å². The van der Waals surface area contributed by atoms with Crippen LogP contribution in [-0.4, -0.2) is 41.8 Å². The number of aliphatic hydroxyl groups excluding tert-OH is 1. The van der Waals surface area contributed by atoms with Crippen LogP contribution in [-0.2, 0) is 0 Å². The van der Waals surface area contributed by atoms with E-state index in [0.717, 1.165) is 29.1 Å². The fourth-order valence-electron chi connectivity index (χ4n) is 4.25. The highest BCUT2D eigenvalue weighted by molar-refractivity contribution is 6.10. The minimum absolute atomic E-state index is 0.134. The number of benzene rings is 2. The van der Waals surface area contributed by atoms with E-state index in [1.54, 1.807) is 18.2 Å². The van der Waals surface area contributed by atoms with E-state index in [9.17, 15) is 9.90 Å². The smallest absolute Gasteiger partial charge is 0.259 e. The number of hydrogen-bond donors (Lipinski definition) is 4. The third-order valence-corrected chi connectivity index (χ3v) is 5.94. The van der Waals surface area contributed by atoms with Gasteiger partial charge in [0.1, 0.15) is 18.5 Å². The zero-order chi connectivity index (χ0) is 21.5. The van der Waals surface area contributed by atoms with E-state index < -0.39 is 6.10 Å². The molecule has 1 aliphatic rings. The number of ether oxygens (including phenoxy) is 1. The van der Waals surface area contributed by atoms with Gasteiger partial charge in [0.05, 0.1) is 11.3 Å². The average Bonchev–Trinajstić information content (AvgIpc) is 3.29. The summed E-state index contributed by atoms with van der Waals surface area (Å²) in [6.07, 6.45) is 7.75. The van der Waals surface area contributed by atoms with Gasteiger partial charge < -0.3 is 25.5 Å². The number of rotatable bonds is 9. The molecule has 2 aromatic carbocycles. The van der Waals surface area contributed by atoms with Crippen molar-refractivity contribution in [2.24, 2.45) is 5.92 Å². The topological polar surface area (TPSA) is 86.4 Å². The van der Waals surface area contributed by atoms with Gasteiger partial charge in [-0.1, -0.05) is 37.5 Å². The van der Waals surface area contributed by atoms with E-state index in [1.807, 2.05) is 36.5 Å². The Bertz CT molecular complexity index is 994. The number of aromatic amines is 1. The molecule has 0 bridgehead atoms. The predicted molar refractivity (Wildman–Crippen MR) is 124 cm³/mol. The van der Waals surface area contributed by atoms with Gasteiger partial charge in [-0.25, -0.2) is 0 Å². The summed E-state index contributed by atoms with van der Waals surface area (Å²) in [6.45, 7) is 1.57. The van der Waals surface area contributed by atoms with Gasteiger partial charge in [0.2, 0.25) is 0 Å². The fourth-order valence-corrected chi connectivity index (χ4v) is 4.25. The van der Waals surface area contributed by atoms with Crippen LogP contribution >= 0.6 is 0 Å². The van der Waals surface area contributed by atoms with Crippen LogP contribution < -0.4 is 15.4 Å². The molecule has 6 nitrogen and oxygen atoms in total. The Kier molecular flexibility index (Phi) is 7.22. The molecule has 3 aromatic rings. The fraction of sp³-hybridized carbons (Fsp3) is 0.400. The maximum absolute atomic E-state index is 12.9. The minimum Gasteiger partial charge on any atom is -0.490 e. The van der Waals surface area contributed by atoms with Gasteiger partial charge in [-0.2, -0.15) is 0 Å². The Morgan fingerprint density at radius 3 is 2.81 bits per heavy atom. The van der Waals surface area contributed by atoms with Gasteiger partial charge in [-0.3, -0.25) is 4.79 Å². The van der Waals surface area contributed by atoms with Crippen molar-refractivity contribution in [3.63, 3.8) is 0 Å². The number of carbonyl (C=O) groups is 1. The largest absolute Gasteiger partial charge is 0.490 e. The highest BCUT2D eigenvalue weighted by Crippen LogP contribution is 2.25. The second-order valence-electron chi connectivity index (χ2n) is 8.32. The summed E-state index contributed by atoms with van der Waals surface area (Å²) in [6, 6.07) is 14.8.